The maximum Gasteiger partial charge on any atom is 0.143 e. The molecule has 0 unspecified atom stereocenters. The summed E-state index contributed by atoms with van der Waals surface area (Å²) in [5.41, 5.74) is 13.6. The Morgan fingerprint density at radius 3 is 1.39 bits per heavy atom. The molecule has 3 aromatic heterocycles. The molecule has 0 radical (unpaired) electrons. The van der Waals surface area contributed by atoms with E-state index in [-0.39, 0.29) is 0 Å². The van der Waals surface area contributed by atoms with Crippen LogP contribution in [0.4, 0.5) is 0 Å². The van der Waals surface area contributed by atoms with Gasteiger partial charge in [-0.3, -0.25) is 0 Å². The lowest BCUT2D eigenvalue weighted by Gasteiger charge is -2.15. The van der Waals surface area contributed by atoms with Crippen LogP contribution in [0.15, 0.2) is 185 Å². The number of fused-ring (bicyclic) bond motifs is 9. The second-order valence-corrected chi connectivity index (χ2v) is 13.3. The molecule has 0 amide bonds. The molecule has 0 atom stereocenters. The predicted molar refractivity (Wildman–Crippen MR) is 212 cm³/mol. The minimum atomic E-state index is 0.895. The van der Waals surface area contributed by atoms with Crippen molar-refractivity contribution >= 4 is 65.7 Å². The number of para-hydroxylation sites is 6. The Morgan fingerprint density at radius 1 is 0.314 bits per heavy atom. The lowest BCUT2D eigenvalue weighted by Crippen LogP contribution is -1.96. The van der Waals surface area contributed by atoms with Crippen LogP contribution >= 0.6 is 0 Å². The van der Waals surface area contributed by atoms with Crippen LogP contribution in [0.25, 0.3) is 105 Å². The highest BCUT2D eigenvalue weighted by Gasteiger charge is 2.18. The Hall–Kier alpha value is -6.84. The van der Waals surface area contributed by atoms with Gasteiger partial charge in [0.2, 0.25) is 0 Å². The fourth-order valence-electron chi connectivity index (χ4n) is 8.08. The zero-order valence-electron chi connectivity index (χ0n) is 27.5. The van der Waals surface area contributed by atoms with Crippen molar-refractivity contribution in [2.45, 2.75) is 0 Å². The van der Waals surface area contributed by atoms with Crippen LogP contribution in [0.2, 0.25) is 0 Å². The Kier molecular flexibility index (Phi) is 5.96. The molecule has 0 aliphatic heterocycles. The molecule has 0 saturated heterocycles. The molecule has 3 heteroatoms. The Morgan fingerprint density at radius 2 is 0.765 bits per heavy atom. The van der Waals surface area contributed by atoms with Crippen LogP contribution < -0.4 is 0 Å². The summed E-state index contributed by atoms with van der Waals surface area (Å²) in [6, 6.07) is 62.6. The summed E-state index contributed by atoms with van der Waals surface area (Å²) in [5, 5.41) is 6.98. The van der Waals surface area contributed by atoms with Crippen LogP contribution in [0.1, 0.15) is 0 Å². The Bertz CT molecular complexity index is 3100. The van der Waals surface area contributed by atoms with Gasteiger partial charge in [-0.15, -0.1) is 0 Å². The van der Waals surface area contributed by atoms with E-state index in [0.717, 1.165) is 82.9 Å². The van der Waals surface area contributed by atoms with Gasteiger partial charge in [0.05, 0.1) is 11.0 Å². The molecular weight excluding hydrogens is 623 g/mol. The van der Waals surface area contributed by atoms with Crippen molar-refractivity contribution in [2.24, 2.45) is 0 Å². The molecule has 0 fully saturated rings. The van der Waals surface area contributed by atoms with Crippen molar-refractivity contribution in [3.63, 3.8) is 0 Å². The topological polar surface area (TPSA) is 31.2 Å². The molecule has 3 nitrogen and oxygen atoms in total. The summed E-state index contributed by atoms with van der Waals surface area (Å²) in [6.45, 7) is 0. The zero-order chi connectivity index (χ0) is 33.5. The van der Waals surface area contributed by atoms with Gasteiger partial charge < -0.3 is 13.4 Å². The Balaban J connectivity index is 1.17. The van der Waals surface area contributed by atoms with Gasteiger partial charge in [-0.2, -0.15) is 0 Å². The quantitative estimate of drug-likeness (QED) is 0.190. The average Bonchev–Trinajstić information content (AvgIpc) is 3.87. The number of rotatable bonds is 4. The fraction of sp³-hybridized carbons (Fsp3) is 0. The van der Waals surface area contributed by atoms with Crippen molar-refractivity contribution < 1.29 is 8.83 Å². The molecular formula is C48H29NO2. The number of hydrogen-bond donors (Lipinski definition) is 0. The largest absolute Gasteiger partial charge is 0.455 e. The fourth-order valence-corrected chi connectivity index (χ4v) is 8.08. The normalized spacial score (nSPS) is 11.9. The van der Waals surface area contributed by atoms with E-state index < -0.39 is 0 Å². The van der Waals surface area contributed by atoms with Crippen LogP contribution in [-0.2, 0) is 0 Å². The summed E-state index contributed by atoms with van der Waals surface area (Å²) in [4.78, 5) is 0. The number of aromatic nitrogens is 1. The first-order valence-corrected chi connectivity index (χ1v) is 17.3. The molecule has 3 heterocycles. The van der Waals surface area contributed by atoms with E-state index in [4.69, 9.17) is 8.83 Å². The van der Waals surface area contributed by atoms with E-state index in [9.17, 15) is 0 Å². The summed E-state index contributed by atoms with van der Waals surface area (Å²) in [7, 11) is 0. The lowest BCUT2D eigenvalue weighted by atomic mass is 9.94. The standard InChI is InChI=1S/C48H29NO2/c1-5-22-43-37(14-1)38-15-2-6-23-44(38)49(43)34-28-32(27-33(29-34)36-19-11-21-42-40-17-4-8-25-46(40)51-48(36)42)30-12-9-13-31(26-30)35-18-10-20-41-39-16-3-7-24-45(39)50-47(35)41/h1-29H. The first kappa shape index (κ1) is 28.0. The molecule has 0 aliphatic rings. The van der Waals surface area contributed by atoms with Crippen LogP contribution in [0.3, 0.4) is 0 Å². The molecule has 11 aromatic rings. The number of nitrogens with zero attached hydrogens (tertiary/aromatic N) is 1. The van der Waals surface area contributed by atoms with E-state index >= 15 is 0 Å². The molecule has 8 aromatic carbocycles. The van der Waals surface area contributed by atoms with Gasteiger partial charge in [0.1, 0.15) is 22.3 Å². The minimum Gasteiger partial charge on any atom is -0.455 e. The van der Waals surface area contributed by atoms with Gasteiger partial charge in [-0.1, -0.05) is 127 Å². The molecule has 0 bridgehead atoms. The van der Waals surface area contributed by atoms with E-state index in [1.807, 2.05) is 24.3 Å². The van der Waals surface area contributed by atoms with Crippen molar-refractivity contribution in [3.05, 3.63) is 176 Å². The van der Waals surface area contributed by atoms with E-state index in [0.29, 0.717) is 0 Å². The molecule has 11 rings (SSSR count). The molecule has 238 valence electrons. The maximum atomic E-state index is 6.58. The summed E-state index contributed by atoms with van der Waals surface area (Å²) in [6.07, 6.45) is 0. The van der Waals surface area contributed by atoms with Crippen molar-refractivity contribution in [1.29, 1.82) is 0 Å². The van der Waals surface area contributed by atoms with Crippen molar-refractivity contribution in [2.75, 3.05) is 0 Å². The second kappa shape index (κ2) is 10.8. The Labute approximate surface area is 293 Å². The van der Waals surface area contributed by atoms with Crippen LogP contribution in [-0.4, -0.2) is 4.57 Å². The molecule has 0 N–H and O–H groups in total. The van der Waals surface area contributed by atoms with E-state index in [2.05, 4.69) is 156 Å². The zero-order valence-corrected chi connectivity index (χ0v) is 27.5. The molecule has 0 aliphatic carbocycles. The average molecular weight is 652 g/mol. The number of furan rings is 2. The minimum absolute atomic E-state index is 0.895. The predicted octanol–water partition coefficient (Wildman–Crippen LogP) is 13.6. The van der Waals surface area contributed by atoms with Gasteiger partial charge in [0.15, 0.2) is 0 Å². The smallest absolute Gasteiger partial charge is 0.143 e. The van der Waals surface area contributed by atoms with Gasteiger partial charge in [-0.05, 0) is 70.8 Å². The van der Waals surface area contributed by atoms with E-state index in [1.54, 1.807) is 0 Å². The van der Waals surface area contributed by atoms with E-state index in [1.165, 1.54) is 21.8 Å². The van der Waals surface area contributed by atoms with Crippen LogP contribution in [0, 0.1) is 0 Å². The highest BCUT2D eigenvalue weighted by Crippen LogP contribution is 2.41. The molecule has 51 heavy (non-hydrogen) atoms. The number of hydrogen-bond acceptors (Lipinski definition) is 2. The monoisotopic (exact) mass is 651 g/mol. The second-order valence-electron chi connectivity index (χ2n) is 13.3. The number of benzene rings is 8. The maximum absolute atomic E-state index is 6.58. The first-order chi connectivity index (χ1) is 25.3. The van der Waals surface area contributed by atoms with Gasteiger partial charge in [0.25, 0.3) is 0 Å². The SMILES string of the molecule is c1cc(-c2cc(-c3cccc4c3oc3ccccc34)cc(-n3c4ccccc4c4ccccc43)c2)cc(-c2cccc3c2oc2ccccc23)c1. The highest BCUT2D eigenvalue weighted by molar-refractivity contribution is 6.12. The van der Waals surface area contributed by atoms with Gasteiger partial charge in [0, 0.05) is 49.1 Å². The van der Waals surface area contributed by atoms with Gasteiger partial charge >= 0.3 is 0 Å². The molecule has 0 saturated carbocycles. The first-order valence-electron chi connectivity index (χ1n) is 17.3. The van der Waals surface area contributed by atoms with Crippen LogP contribution in [0.5, 0.6) is 0 Å². The molecule has 0 spiro atoms. The summed E-state index contributed by atoms with van der Waals surface area (Å²) >= 11 is 0. The summed E-state index contributed by atoms with van der Waals surface area (Å²) in [5.74, 6) is 0. The third-order valence-electron chi connectivity index (χ3n) is 10.4. The van der Waals surface area contributed by atoms with Crippen molar-refractivity contribution in [1.82, 2.24) is 4.57 Å². The highest BCUT2D eigenvalue weighted by atomic mass is 16.3. The van der Waals surface area contributed by atoms with Crippen molar-refractivity contribution in [3.8, 4) is 39.1 Å². The third-order valence-corrected chi connectivity index (χ3v) is 10.4. The summed E-state index contributed by atoms with van der Waals surface area (Å²) < 4.78 is 15.4. The third kappa shape index (κ3) is 4.25. The lowest BCUT2D eigenvalue weighted by molar-refractivity contribution is 0.669. The van der Waals surface area contributed by atoms with Gasteiger partial charge in [-0.25, -0.2) is 0 Å².